The molecule has 0 heterocycles. The summed E-state index contributed by atoms with van der Waals surface area (Å²) in [5.41, 5.74) is 4.56. The van der Waals surface area contributed by atoms with Crippen LogP contribution < -0.4 is 5.48 Å². The van der Waals surface area contributed by atoms with E-state index in [0.29, 0.717) is 0 Å². The van der Waals surface area contributed by atoms with Crippen LogP contribution in [0.15, 0.2) is 42.5 Å². The second-order valence-corrected chi connectivity index (χ2v) is 9.98. The zero-order valence-corrected chi connectivity index (χ0v) is 21.6. The maximum atomic E-state index is 5.61. The summed E-state index contributed by atoms with van der Waals surface area (Å²) in [5, 5.41) is 0. The van der Waals surface area contributed by atoms with Crippen LogP contribution in [0.3, 0.4) is 0 Å². The molecule has 184 valence electrons. The average molecular weight is 446 g/mol. The van der Waals surface area contributed by atoms with Crippen molar-refractivity contribution in [1.82, 2.24) is 5.48 Å². The molecular formula is C29H53N2O+. The van der Waals surface area contributed by atoms with Crippen molar-refractivity contribution in [3.8, 4) is 0 Å². The Hall–Kier alpha value is -1.16. The van der Waals surface area contributed by atoms with Gasteiger partial charge in [-0.2, -0.15) is 0 Å². The first kappa shape index (κ1) is 28.9. The van der Waals surface area contributed by atoms with Crippen LogP contribution >= 0.6 is 0 Å². The molecule has 0 fully saturated rings. The molecule has 0 radical (unpaired) electrons. The topological polar surface area (TPSA) is 21.3 Å². The molecule has 3 heteroatoms. The summed E-state index contributed by atoms with van der Waals surface area (Å²) in [6.07, 6.45) is 23.3. The first-order chi connectivity index (χ1) is 15.6. The highest BCUT2D eigenvalue weighted by Crippen LogP contribution is 2.10. The molecule has 1 rings (SSSR count). The van der Waals surface area contributed by atoms with Gasteiger partial charge in [0.25, 0.3) is 0 Å². The van der Waals surface area contributed by atoms with Gasteiger partial charge in [-0.1, -0.05) is 101 Å². The van der Waals surface area contributed by atoms with Crippen LogP contribution in [-0.4, -0.2) is 38.3 Å². The van der Waals surface area contributed by atoms with Crippen molar-refractivity contribution in [3.63, 3.8) is 0 Å². The Bertz CT molecular complexity index is 541. The average Bonchev–Trinajstić information content (AvgIpc) is 2.78. The van der Waals surface area contributed by atoms with Crippen LogP contribution in [0.5, 0.6) is 0 Å². The first-order valence-electron chi connectivity index (χ1n) is 13.5. The van der Waals surface area contributed by atoms with Gasteiger partial charge in [0, 0.05) is 18.5 Å². The number of quaternary nitrogens is 1. The fourth-order valence-electron chi connectivity index (χ4n) is 4.13. The van der Waals surface area contributed by atoms with Crippen LogP contribution in [0, 0.1) is 0 Å². The van der Waals surface area contributed by atoms with Crippen molar-refractivity contribution in [2.75, 3.05) is 33.8 Å². The Labute approximate surface area is 200 Å². The zero-order valence-electron chi connectivity index (χ0n) is 21.6. The lowest BCUT2D eigenvalue weighted by Gasteiger charge is -2.30. The Morgan fingerprint density at radius 3 is 2.00 bits per heavy atom. The molecule has 32 heavy (non-hydrogen) atoms. The number of hydrogen-bond acceptors (Lipinski definition) is 2. The summed E-state index contributed by atoms with van der Waals surface area (Å²) < 4.78 is 1.01. The molecule has 3 nitrogen and oxygen atoms in total. The summed E-state index contributed by atoms with van der Waals surface area (Å²) in [4.78, 5) is 5.61. The number of nitrogens with zero attached hydrogens (tertiary/aromatic N) is 1. The Kier molecular flexibility index (Phi) is 18.4. The Morgan fingerprint density at radius 1 is 0.750 bits per heavy atom. The van der Waals surface area contributed by atoms with Gasteiger partial charge in [-0.3, -0.25) is 0 Å². The van der Waals surface area contributed by atoms with Crippen molar-refractivity contribution in [3.05, 3.63) is 48.0 Å². The molecule has 0 spiro atoms. The first-order valence-corrected chi connectivity index (χ1v) is 13.5. The number of allylic oxidation sites excluding steroid dienone is 2. The number of hydroxylamine groups is 1. The maximum Gasteiger partial charge on any atom is 0.104 e. The summed E-state index contributed by atoms with van der Waals surface area (Å²) >= 11 is 0. The quantitative estimate of drug-likeness (QED) is 0.0850. The van der Waals surface area contributed by atoms with Gasteiger partial charge in [0.05, 0.1) is 27.2 Å². The van der Waals surface area contributed by atoms with E-state index in [0.717, 1.165) is 43.6 Å². The van der Waals surface area contributed by atoms with E-state index in [9.17, 15) is 0 Å². The molecule has 0 aromatic heterocycles. The fourth-order valence-corrected chi connectivity index (χ4v) is 4.13. The Balaban J connectivity index is 1.80. The van der Waals surface area contributed by atoms with Gasteiger partial charge in [0.15, 0.2) is 0 Å². The lowest BCUT2D eigenvalue weighted by atomic mass is 10.1. The predicted octanol–water partition coefficient (Wildman–Crippen LogP) is 7.82. The van der Waals surface area contributed by atoms with Crippen molar-refractivity contribution in [1.29, 1.82) is 0 Å². The van der Waals surface area contributed by atoms with Crippen molar-refractivity contribution >= 4 is 0 Å². The highest BCUT2D eigenvalue weighted by atomic mass is 16.6. The van der Waals surface area contributed by atoms with E-state index < -0.39 is 0 Å². The van der Waals surface area contributed by atoms with Crippen molar-refractivity contribution in [2.45, 2.75) is 103 Å². The van der Waals surface area contributed by atoms with Crippen molar-refractivity contribution < 1.29 is 9.32 Å². The van der Waals surface area contributed by atoms with Crippen LogP contribution in [0.25, 0.3) is 0 Å². The number of unbranched alkanes of at least 4 members (excludes halogenated alkanes) is 11. The third-order valence-corrected chi connectivity index (χ3v) is 6.11. The standard InChI is InChI=1S/C29H53N2O/c1-4-5-6-7-8-9-10-11-12-13-14-15-16-17-21-27-32-30-25-22-26-31(2,3)28-29-23-19-18-20-24-29/h11-12,18-20,23-24,30H,4-10,13-17,21-22,25-28H2,1-3H3/q+1/b12-11-. The van der Waals surface area contributed by atoms with Gasteiger partial charge in [-0.15, -0.1) is 0 Å². The third-order valence-electron chi connectivity index (χ3n) is 6.11. The molecule has 1 N–H and O–H groups in total. The van der Waals surface area contributed by atoms with Crippen LogP contribution in [0.1, 0.15) is 102 Å². The molecule has 1 aromatic rings. The highest BCUT2D eigenvalue weighted by Gasteiger charge is 2.14. The summed E-state index contributed by atoms with van der Waals surface area (Å²) in [6.45, 7) is 6.28. The minimum absolute atomic E-state index is 0.834. The largest absolute Gasteiger partial charge is 0.325 e. The van der Waals surface area contributed by atoms with E-state index in [4.69, 9.17) is 4.84 Å². The lowest BCUT2D eigenvalue weighted by molar-refractivity contribution is -0.903. The molecular weight excluding hydrogens is 392 g/mol. The minimum Gasteiger partial charge on any atom is -0.325 e. The number of benzene rings is 1. The Morgan fingerprint density at radius 2 is 1.34 bits per heavy atom. The number of hydrogen-bond donors (Lipinski definition) is 1. The number of rotatable bonds is 22. The predicted molar refractivity (Wildman–Crippen MR) is 141 cm³/mol. The van der Waals surface area contributed by atoms with E-state index >= 15 is 0 Å². The molecule has 0 saturated carbocycles. The van der Waals surface area contributed by atoms with E-state index in [2.05, 4.69) is 69.0 Å². The minimum atomic E-state index is 0.834. The van der Waals surface area contributed by atoms with Gasteiger partial charge in [0.2, 0.25) is 0 Å². The number of nitrogens with one attached hydrogen (secondary N) is 1. The van der Waals surface area contributed by atoms with E-state index in [1.54, 1.807) is 0 Å². The summed E-state index contributed by atoms with van der Waals surface area (Å²) in [6, 6.07) is 10.8. The third kappa shape index (κ3) is 18.4. The smallest absolute Gasteiger partial charge is 0.104 e. The monoisotopic (exact) mass is 445 g/mol. The van der Waals surface area contributed by atoms with Gasteiger partial charge in [-0.25, -0.2) is 5.48 Å². The molecule has 0 bridgehead atoms. The fraction of sp³-hybridized carbons (Fsp3) is 0.724. The molecule has 0 aliphatic heterocycles. The molecule has 0 atom stereocenters. The molecule has 1 aromatic carbocycles. The SMILES string of the molecule is CCCCCCCC/C=C\CCCCCCCONCCC[N+](C)(C)Cc1ccccc1. The molecule has 0 unspecified atom stereocenters. The zero-order chi connectivity index (χ0) is 23.2. The van der Waals surface area contributed by atoms with Crippen LogP contribution in [0.4, 0.5) is 0 Å². The molecule has 0 amide bonds. The normalized spacial score (nSPS) is 12.1. The van der Waals surface area contributed by atoms with Crippen LogP contribution in [0.2, 0.25) is 0 Å². The molecule has 0 aliphatic rings. The lowest BCUT2D eigenvalue weighted by Crippen LogP contribution is -2.40. The second kappa shape index (κ2) is 20.4. The van der Waals surface area contributed by atoms with Gasteiger partial charge in [-0.05, 0) is 32.1 Å². The van der Waals surface area contributed by atoms with Gasteiger partial charge < -0.3 is 9.32 Å². The van der Waals surface area contributed by atoms with Crippen LogP contribution in [-0.2, 0) is 11.4 Å². The second-order valence-electron chi connectivity index (χ2n) is 9.98. The van der Waals surface area contributed by atoms with E-state index in [-0.39, 0.29) is 0 Å². The molecule has 0 aliphatic carbocycles. The van der Waals surface area contributed by atoms with E-state index in [1.165, 1.54) is 82.6 Å². The van der Waals surface area contributed by atoms with E-state index in [1.807, 2.05) is 0 Å². The molecule has 0 saturated heterocycles. The van der Waals surface area contributed by atoms with Gasteiger partial charge >= 0.3 is 0 Å². The maximum absolute atomic E-state index is 5.61. The summed E-state index contributed by atoms with van der Waals surface area (Å²) in [5.74, 6) is 0. The van der Waals surface area contributed by atoms with Gasteiger partial charge in [0.1, 0.15) is 6.54 Å². The summed E-state index contributed by atoms with van der Waals surface area (Å²) in [7, 11) is 4.61. The van der Waals surface area contributed by atoms with Crippen molar-refractivity contribution in [2.24, 2.45) is 0 Å². The highest BCUT2D eigenvalue weighted by molar-refractivity contribution is 5.13.